The smallest absolute Gasteiger partial charge is 0.249 e. The molecule has 1 aromatic heterocycles. The molecule has 4 rings (SSSR count). The van der Waals surface area contributed by atoms with Crippen LogP contribution in [0, 0.1) is 25.5 Å². The first-order chi connectivity index (χ1) is 14.3. The second kappa shape index (κ2) is 8.05. The van der Waals surface area contributed by atoms with Gasteiger partial charge in [-0.05, 0) is 37.1 Å². The summed E-state index contributed by atoms with van der Waals surface area (Å²) in [7, 11) is -4.24. The molecule has 0 N–H and O–H groups in total. The van der Waals surface area contributed by atoms with E-state index in [1.807, 2.05) is 42.3 Å². The number of halogens is 2. The van der Waals surface area contributed by atoms with Crippen molar-refractivity contribution in [1.29, 1.82) is 0 Å². The summed E-state index contributed by atoms with van der Waals surface area (Å²) < 4.78 is 54.6. The van der Waals surface area contributed by atoms with Gasteiger partial charge < -0.3 is 4.90 Å². The van der Waals surface area contributed by atoms with Crippen LogP contribution in [0.25, 0.3) is 11.3 Å². The Morgan fingerprint density at radius 2 is 1.50 bits per heavy atom. The Morgan fingerprint density at radius 1 is 0.933 bits per heavy atom. The molecule has 1 fully saturated rings. The van der Waals surface area contributed by atoms with E-state index in [1.165, 1.54) is 11.3 Å². The topological polar surface area (TPSA) is 53.5 Å². The fourth-order valence-corrected chi connectivity index (χ4v) is 6.12. The summed E-state index contributed by atoms with van der Waals surface area (Å²) in [6.45, 7) is 5.16. The van der Waals surface area contributed by atoms with Gasteiger partial charge in [-0.3, -0.25) is 0 Å². The quantitative estimate of drug-likeness (QED) is 0.599. The number of hydrogen-bond acceptors (Lipinski definition) is 5. The highest BCUT2D eigenvalue weighted by molar-refractivity contribution is 7.89. The maximum atomic E-state index is 14.0. The second-order valence-electron chi connectivity index (χ2n) is 7.22. The van der Waals surface area contributed by atoms with Gasteiger partial charge in [-0.25, -0.2) is 22.2 Å². The summed E-state index contributed by atoms with van der Waals surface area (Å²) in [4.78, 5) is 5.88. The van der Waals surface area contributed by atoms with Crippen molar-refractivity contribution in [3.8, 4) is 11.3 Å². The van der Waals surface area contributed by atoms with E-state index in [1.54, 1.807) is 0 Å². The van der Waals surface area contributed by atoms with Crippen molar-refractivity contribution >= 4 is 26.5 Å². The van der Waals surface area contributed by atoms with E-state index in [4.69, 9.17) is 4.98 Å². The molecular formula is C21H21F2N3O2S2. The van der Waals surface area contributed by atoms with Gasteiger partial charge >= 0.3 is 0 Å². The van der Waals surface area contributed by atoms with E-state index in [2.05, 4.69) is 0 Å². The largest absolute Gasteiger partial charge is 0.345 e. The van der Waals surface area contributed by atoms with Gasteiger partial charge in [0.25, 0.3) is 0 Å². The van der Waals surface area contributed by atoms with Crippen LogP contribution in [0.15, 0.2) is 46.7 Å². The lowest BCUT2D eigenvalue weighted by atomic mass is 10.0. The fraction of sp³-hybridized carbons (Fsp3) is 0.286. The molecule has 1 aliphatic heterocycles. The average molecular weight is 450 g/mol. The summed E-state index contributed by atoms with van der Waals surface area (Å²) in [5.74, 6) is -2.15. The number of nitrogens with zero attached hydrogens (tertiary/aromatic N) is 3. The molecule has 0 bridgehead atoms. The lowest BCUT2D eigenvalue weighted by Crippen LogP contribution is -2.49. The minimum absolute atomic E-state index is 0.133. The van der Waals surface area contributed by atoms with Crippen molar-refractivity contribution in [2.75, 3.05) is 31.1 Å². The van der Waals surface area contributed by atoms with Crippen molar-refractivity contribution in [2.45, 2.75) is 18.7 Å². The predicted octanol–water partition coefficient (Wildman–Crippen LogP) is 4.22. The van der Waals surface area contributed by atoms with Crippen molar-refractivity contribution in [2.24, 2.45) is 0 Å². The Labute approximate surface area is 178 Å². The summed E-state index contributed by atoms with van der Waals surface area (Å²) in [5, 5.41) is 2.81. The van der Waals surface area contributed by atoms with Crippen LogP contribution in [0.2, 0.25) is 0 Å². The number of aryl methyl sites for hydroxylation is 2. The van der Waals surface area contributed by atoms with Crippen LogP contribution in [0.5, 0.6) is 0 Å². The van der Waals surface area contributed by atoms with Gasteiger partial charge in [0.15, 0.2) is 10.0 Å². The SMILES string of the molecule is Cc1cccc(C)c1-c1csc(N2CCN(S(=O)(=O)c3c(F)cccc3F)CC2)n1. The summed E-state index contributed by atoms with van der Waals surface area (Å²) >= 11 is 1.51. The van der Waals surface area contributed by atoms with E-state index in [9.17, 15) is 17.2 Å². The van der Waals surface area contributed by atoms with Crippen molar-refractivity contribution < 1.29 is 17.2 Å². The molecule has 1 aliphatic rings. The lowest BCUT2D eigenvalue weighted by molar-refractivity contribution is 0.378. The molecule has 30 heavy (non-hydrogen) atoms. The predicted molar refractivity (Wildman–Crippen MR) is 114 cm³/mol. The molecule has 3 aromatic rings. The maximum Gasteiger partial charge on any atom is 0.249 e. The molecule has 1 saturated heterocycles. The molecule has 0 aliphatic carbocycles. The zero-order valence-corrected chi connectivity index (χ0v) is 18.2. The zero-order valence-electron chi connectivity index (χ0n) is 16.6. The molecule has 0 radical (unpaired) electrons. The third-order valence-corrected chi connectivity index (χ3v) is 8.11. The van der Waals surface area contributed by atoms with E-state index in [0.717, 1.165) is 50.0 Å². The van der Waals surface area contributed by atoms with Crippen molar-refractivity contribution in [3.63, 3.8) is 0 Å². The molecule has 0 atom stereocenters. The average Bonchev–Trinajstić information content (AvgIpc) is 3.17. The third kappa shape index (κ3) is 3.73. The maximum absolute atomic E-state index is 14.0. The van der Waals surface area contributed by atoms with E-state index in [0.29, 0.717) is 13.1 Å². The van der Waals surface area contributed by atoms with Crippen LogP contribution < -0.4 is 4.90 Å². The van der Waals surface area contributed by atoms with Crippen LogP contribution in [0.1, 0.15) is 11.1 Å². The lowest BCUT2D eigenvalue weighted by Gasteiger charge is -2.33. The van der Waals surface area contributed by atoms with Gasteiger partial charge in [0.05, 0.1) is 5.69 Å². The molecule has 0 amide bonds. The summed E-state index contributed by atoms with van der Waals surface area (Å²) in [6, 6.07) is 9.17. The van der Waals surface area contributed by atoms with Gasteiger partial charge in [-0.1, -0.05) is 24.3 Å². The van der Waals surface area contributed by atoms with Gasteiger partial charge in [-0.15, -0.1) is 11.3 Å². The molecule has 0 spiro atoms. The molecule has 158 valence electrons. The second-order valence-corrected chi connectivity index (χ2v) is 9.94. The van der Waals surface area contributed by atoms with E-state index in [-0.39, 0.29) is 13.1 Å². The molecule has 9 heteroatoms. The van der Waals surface area contributed by atoms with Crippen molar-refractivity contribution in [1.82, 2.24) is 9.29 Å². The highest BCUT2D eigenvalue weighted by Gasteiger charge is 2.33. The molecule has 2 aromatic carbocycles. The van der Waals surface area contributed by atoms with Crippen LogP contribution in [-0.2, 0) is 10.0 Å². The van der Waals surface area contributed by atoms with Gasteiger partial charge in [0.1, 0.15) is 11.6 Å². The van der Waals surface area contributed by atoms with Crippen molar-refractivity contribution in [3.05, 3.63) is 64.5 Å². The molecule has 0 saturated carbocycles. The van der Waals surface area contributed by atoms with Gasteiger partial charge in [0, 0.05) is 37.1 Å². The van der Waals surface area contributed by atoms with Crippen LogP contribution >= 0.6 is 11.3 Å². The number of benzene rings is 2. The Balaban J connectivity index is 1.51. The minimum Gasteiger partial charge on any atom is -0.345 e. The van der Waals surface area contributed by atoms with E-state index >= 15 is 0 Å². The first-order valence-corrected chi connectivity index (χ1v) is 11.8. The molecular weight excluding hydrogens is 428 g/mol. The number of hydrogen-bond donors (Lipinski definition) is 0. The Hall–Kier alpha value is -2.36. The highest BCUT2D eigenvalue weighted by Crippen LogP contribution is 2.32. The summed E-state index contributed by atoms with van der Waals surface area (Å²) in [6.07, 6.45) is 0. The number of sulfonamides is 1. The number of rotatable bonds is 4. The molecule has 2 heterocycles. The first kappa shape index (κ1) is 20.9. The number of anilines is 1. The number of piperazine rings is 1. The summed E-state index contributed by atoms with van der Waals surface area (Å²) in [5.41, 5.74) is 4.30. The Bertz CT molecular complexity index is 1150. The normalized spacial score (nSPS) is 15.5. The monoisotopic (exact) mass is 449 g/mol. The van der Waals surface area contributed by atoms with Crippen LogP contribution in [0.4, 0.5) is 13.9 Å². The highest BCUT2D eigenvalue weighted by atomic mass is 32.2. The number of aromatic nitrogens is 1. The van der Waals surface area contributed by atoms with Gasteiger partial charge in [0.2, 0.25) is 10.0 Å². The Kier molecular flexibility index (Phi) is 5.61. The fourth-order valence-electron chi connectivity index (χ4n) is 3.72. The third-order valence-electron chi connectivity index (χ3n) is 5.26. The molecule has 5 nitrogen and oxygen atoms in total. The van der Waals surface area contributed by atoms with E-state index < -0.39 is 26.6 Å². The van der Waals surface area contributed by atoms with Crippen LogP contribution in [0.3, 0.4) is 0 Å². The standard InChI is InChI=1S/C21H21F2N3O2S2/c1-14-5-3-6-15(2)19(14)18-13-29-21(24-18)25-9-11-26(12-10-25)30(27,28)20-16(22)7-4-8-17(20)23/h3-8,13H,9-12H2,1-2H3. The van der Waals surface area contributed by atoms with Gasteiger partial charge in [-0.2, -0.15) is 4.31 Å². The molecule has 0 unspecified atom stereocenters. The first-order valence-electron chi connectivity index (χ1n) is 9.50. The zero-order chi connectivity index (χ0) is 21.5. The van der Waals surface area contributed by atoms with Crippen LogP contribution in [-0.4, -0.2) is 43.9 Å². The minimum atomic E-state index is -4.24. The Morgan fingerprint density at radius 3 is 2.10 bits per heavy atom. The number of thiazole rings is 1.